The van der Waals surface area contributed by atoms with Gasteiger partial charge in [-0.05, 0) is 36.8 Å². The van der Waals surface area contributed by atoms with E-state index in [9.17, 15) is 14.4 Å². The molecule has 0 unspecified atom stereocenters. The lowest BCUT2D eigenvalue weighted by Crippen LogP contribution is -2.47. The van der Waals surface area contributed by atoms with Crippen LogP contribution in [0.3, 0.4) is 0 Å². The topological polar surface area (TPSA) is 84.5 Å². The third-order valence-electron chi connectivity index (χ3n) is 4.20. The molecule has 2 atom stereocenters. The fourth-order valence-electron chi connectivity index (χ4n) is 2.46. The lowest BCUT2D eigenvalue weighted by Gasteiger charge is -2.22. The molecule has 2 amide bonds. The second kappa shape index (κ2) is 10.0. The van der Waals surface area contributed by atoms with Gasteiger partial charge in [-0.25, -0.2) is 4.79 Å². The summed E-state index contributed by atoms with van der Waals surface area (Å²) in [6.45, 7) is 7.47. The zero-order chi connectivity index (χ0) is 20.7. The maximum atomic E-state index is 12.5. The lowest BCUT2D eigenvalue weighted by atomic mass is 10.0. The van der Waals surface area contributed by atoms with Gasteiger partial charge in [-0.2, -0.15) is 0 Å². The summed E-state index contributed by atoms with van der Waals surface area (Å²) in [5, 5.41) is 7.23. The number of rotatable bonds is 8. The summed E-state index contributed by atoms with van der Waals surface area (Å²) in [6, 6.07) is 10.4. The van der Waals surface area contributed by atoms with Crippen molar-refractivity contribution in [3.05, 3.63) is 57.8 Å². The maximum Gasteiger partial charge on any atom is 0.329 e. The first-order chi connectivity index (χ1) is 13.3. The molecule has 1 aromatic carbocycles. The Morgan fingerprint density at radius 1 is 1.07 bits per heavy atom. The van der Waals surface area contributed by atoms with Crippen molar-refractivity contribution in [2.24, 2.45) is 5.92 Å². The van der Waals surface area contributed by atoms with Gasteiger partial charge in [-0.3, -0.25) is 9.59 Å². The smallest absolute Gasteiger partial charge is 0.329 e. The molecule has 28 heavy (non-hydrogen) atoms. The molecule has 6 nitrogen and oxygen atoms in total. The van der Waals surface area contributed by atoms with Crippen LogP contribution in [-0.4, -0.2) is 29.9 Å². The third kappa shape index (κ3) is 6.20. The minimum atomic E-state index is -0.960. The van der Waals surface area contributed by atoms with Gasteiger partial charge < -0.3 is 15.4 Å². The van der Waals surface area contributed by atoms with Crippen LogP contribution in [0.5, 0.6) is 0 Å². The Morgan fingerprint density at radius 2 is 1.75 bits per heavy atom. The Bertz CT molecular complexity index is 800. The van der Waals surface area contributed by atoms with Crippen molar-refractivity contribution in [3.63, 3.8) is 0 Å². The van der Waals surface area contributed by atoms with Crippen LogP contribution < -0.4 is 10.6 Å². The predicted octanol–water partition coefficient (Wildman–Crippen LogP) is 3.06. The van der Waals surface area contributed by atoms with E-state index >= 15 is 0 Å². The third-order valence-corrected chi connectivity index (χ3v) is 5.07. The first-order valence-corrected chi connectivity index (χ1v) is 10.0. The minimum Gasteiger partial charge on any atom is -0.451 e. The fraction of sp³-hybridized carbons (Fsp3) is 0.381. The summed E-state index contributed by atoms with van der Waals surface area (Å²) in [5.41, 5.74) is 2.10. The van der Waals surface area contributed by atoms with Crippen LogP contribution in [0.25, 0.3) is 0 Å². The molecular weight excluding hydrogens is 376 g/mol. The first-order valence-electron chi connectivity index (χ1n) is 9.16. The van der Waals surface area contributed by atoms with Gasteiger partial charge in [-0.1, -0.05) is 49.7 Å². The molecule has 0 saturated carbocycles. The van der Waals surface area contributed by atoms with Crippen LogP contribution in [-0.2, 0) is 20.9 Å². The molecule has 7 heteroatoms. The largest absolute Gasteiger partial charge is 0.451 e. The first kappa shape index (κ1) is 21.6. The molecule has 2 aromatic rings. The molecule has 0 aliphatic rings. The van der Waals surface area contributed by atoms with Crippen LogP contribution >= 0.6 is 11.3 Å². The summed E-state index contributed by atoms with van der Waals surface area (Å²) in [7, 11) is 0. The Balaban J connectivity index is 1.89. The average molecular weight is 403 g/mol. The van der Waals surface area contributed by atoms with Gasteiger partial charge in [0.1, 0.15) is 6.04 Å². The SMILES string of the molecule is Cc1ccc(CNC(=O)[C@H](C)OC(=O)[C@H](NC(=O)c2cccs2)C(C)C)cc1. The van der Waals surface area contributed by atoms with E-state index in [1.165, 1.54) is 18.3 Å². The van der Waals surface area contributed by atoms with E-state index in [-0.39, 0.29) is 17.7 Å². The fourth-order valence-corrected chi connectivity index (χ4v) is 3.08. The summed E-state index contributed by atoms with van der Waals surface area (Å²) in [5.74, 6) is -1.53. The van der Waals surface area contributed by atoms with E-state index in [1.807, 2.05) is 45.0 Å². The van der Waals surface area contributed by atoms with Crippen molar-refractivity contribution >= 4 is 29.1 Å². The standard InChI is InChI=1S/C21H26N2O4S/c1-13(2)18(23-20(25)17-6-5-11-28-17)21(26)27-15(4)19(24)22-12-16-9-7-14(3)8-10-16/h5-11,13,15,18H,12H2,1-4H3,(H,22,24)(H,23,25)/t15-,18+/m0/s1. The van der Waals surface area contributed by atoms with Crippen molar-refractivity contribution in [1.82, 2.24) is 10.6 Å². The minimum absolute atomic E-state index is 0.181. The second-order valence-electron chi connectivity index (χ2n) is 6.95. The van der Waals surface area contributed by atoms with Crippen LogP contribution in [0.4, 0.5) is 0 Å². The number of ether oxygens (including phenoxy) is 1. The molecule has 1 heterocycles. The van der Waals surface area contributed by atoms with Gasteiger partial charge in [0.25, 0.3) is 11.8 Å². The molecule has 0 saturated heterocycles. The Morgan fingerprint density at radius 3 is 2.32 bits per heavy atom. The number of aryl methyl sites for hydroxylation is 1. The highest BCUT2D eigenvalue weighted by Crippen LogP contribution is 2.12. The van der Waals surface area contributed by atoms with E-state index in [2.05, 4.69) is 10.6 Å². The number of hydrogen-bond acceptors (Lipinski definition) is 5. The molecule has 0 aliphatic heterocycles. The summed E-state index contributed by atoms with van der Waals surface area (Å²) in [4.78, 5) is 37.5. The number of carbonyl (C=O) groups excluding carboxylic acids is 3. The van der Waals surface area contributed by atoms with Crippen molar-refractivity contribution in [2.45, 2.75) is 46.4 Å². The number of thiophene rings is 1. The molecule has 2 N–H and O–H groups in total. The molecule has 2 rings (SSSR count). The monoisotopic (exact) mass is 402 g/mol. The number of benzene rings is 1. The highest BCUT2D eigenvalue weighted by atomic mass is 32.1. The predicted molar refractivity (Wildman–Crippen MR) is 109 cm³/mol. The summed E-state index contributed by atoms with van der Waals surface area (Å²) in [6.07, 6.45) is -0.960. The van der Waals surface area contributed by atoms with E-state index < -0.39 is 18.1 Å². The number of esters is 1. The highest BCUT2D eigenvalue weighted by Gasteiger charge is 2.29. The zero-order valence-electron chi connectivity index (χ0n) is 16.5. The van der Waals surface area contributed by atoms with Gasteiger partial charge >= 0.3 is 5.97 Å². The van der Waals surface area contributed by atoms with E-state index in [4.69, 9.17) is 4.74 Å². The van der Waals surface area contributed by atoms with E-state index in [0.717, 1.165) is 11.1 Å². The van der Waals surface area contributed by atoms with Crippen LogP contribution in [0.15, 0.2) is 41.8 Å². The number of carbonyl (C=O) groups is 3. The normalized spacial score (nSPS) is 12.9. The quantitative estimate of drug-likeness (QED) is 0.665. The molecule has 1 aromatic heterocycles. The van der Waals surface area contributed by atoms with Gasteiger partial charge in [0.2, 0.25) is 0 Å². The van der Waals surface area contributed by atoms with Crippen molar-refractivity contribution < 1.29 is 19.1 Å². The van der Waals surface area contributed by atoms with E-state index in [1.54, 1.807) is 17.5 Å². The Labute approximate surface area is 169 Å². The van der Waals surface area contributed by atoms with Crippen molar-refractivity contribution in [2.75, 3.05) is 0 Å². The molecule has 0 aliphatic carbocycles. The van der Waals surface area contributed by atoms with E-state index in [0.29, 0.717) is 11.4 Å². The summed E-state index contributed by atoms with van der Waals surface area (Å²) < 4.78 is 5.30. The molecule has 0 bridgehead atoms. The molecule has 0 radical (unpaired) electrons. The number of amides is 2. The van der Waals surface area contributed by atoms with Gasteiger partial charge in [0.15, 0.2) is 6.10 Å². The number of hydrogen-bond donors (Lipinski definition) is 2. The van der Waals surface area contributed by atoms with Gasteiger partial charge in [0, 0.05) is 6.54 Å². The molecular formula is C21H26N2O4S. The van der Waals surface area contributed by atoms with Crippen LogP contribution in [0, 0.1) is 12.8 Å². The van der Waals surface area contributed by atoms with Crippen LogP contribution in [0.1, 0.15) is 41.6 Å². The molecule has 0 fully saturated rings. The Kier molecular flexibility index (Phi) is 7.75. The zero-order valence-corrected chi connectivity index (χ0v) is 17.3. The molecule has 150 valence electrons. The van der Waals surface area contributed by atoms with Crippen LogP contribution in [0.2, 0.25) is 0 Å². The average Bonchev–Trinajstić information content (AvgIpc) is 3.19. The van der Waals surface area contributed by atoms with Gasteiger partial charge in [-0.15, -0.1) is 11.3 Å². The van der Waals surface area contributed by atoms with Crippen molar-refractivity contribution in [3.8, 4) is 0 Å². The second-order valence-corrected chi connectivity index (χ2v) is 7.90. The Hall–Kier alpha value is -2.67. The maximum absolute atomic E-state index is 12.5. The highest BCUT2D eigenvalue weighted by molar-refractivity contribution is 7.12. The van der Waals surface area contributed by atoms with Gasteiger partial charge in [0.05, 0.1) is 4.88 Å². The molecule has 0 spiro atoms. The van der Waals surface area contributed by atoms with Crippen molar-refractivity contribution in [1.29, 1.82) is 0 Å². The lowest BCUT2D eigenvalue weighted by molar-refractivity contribution is -0.157. The number of nitrogens with one attached hydrogen (secondary N) is 2. The summed E-state index contributed by atoms with van der Waals surface area (Å²) >= 11 is 1.29.